The maximum absolute atomic E-state index is 12.7. The molecule has 9 aromatic rings. The number of amides is 3. The van der Waals surface area contributed by atoms with E-state index in [9.17, 15) is 48.4 Å². The van der Waals surface area contributed by atoms with Crippen LogP contribution in [0.1, 0.15) is 300 Å². The number of ketones is 2. The van der Waals surface area contributed by atoms with Gasteiger partial charge >= 0.3 is 73.4 Å². The number of carbonyl (C=O) groups is 9. The third-order valence-electron chi connectivity index (χ3n) is 23.0. The summed E-state index contributed by atoms with van der Waals surface area (Å²) in [5.74, 6) is 0.101. The predicted octanol–water partition coefficient (Wildman–Crippen LogP) is 30.9. The van der Waals surface area contributed by atoms with Crippen molar-refractivity contribution in [3.8, 4) is 22.5 Å². The fraction of sp³-hybridized carbons (Fsp3) is 0.450. The van der Waals surface area contributed by atoms with Crippen molar-refractivity contribution in [2.75, 3.05) is 39.5 Å². The molecule has 3 saturated heterocycles. The summed E-state index contributed by atoms with van der Waals surface area (Å²) in [4.78, 5) is 120. The van der Waals surface area contributed by atoms with E-state index < -0.39 is 37.3 Å². The van der Waals surface area contributed by atoms with Gasteiger partial charge in [0, 0.05) is 105 Å². The number of benzene rings is 7. The molecule has 802 valence electrons. The Labute approximate surface area is 941 Å². The molecule has 7 aromatic carbocycles. The van der Waals surface area contributed by atoms with Crippen LogP contribution in [0.3, 0.4) is 0 Å². The van der Waals surface area contributed by atoms with Gasteiger partial charge in [-0.05, 0) is 349 Å². The number of imidazole rings is 2. The summed E-state index contributed by atoms with van der Waals surface area (Å²) in [7, 11) is 7.58. The maximum atomic E-state index is 12.7. The SMILES string of the molecule is CC(C)(C)OC(=O)N1CCC[C@H]1C=O.CC(C)(C)OC(=O)N1CCC[C@H]1c1nc2c([nH]1)CCCc1cc(Br)ccc1-2.CC(C)(C)OC(=O)N1CCC[C@H]1c1nc2c(n1O)CCCc1cc(Br)ccc1-2.CCOP(OCC)OCC.O=C(O)CC/C=C/c1cccc(Br)c1.O=C(O)CCCCc1cccc(Br)c1.O=C1/C(=N/O)CCCc2cc(Br)ccc21.O=C1CCCCc2cc(Br)ccc21.O=Cc1cccc(Br)c1.[HH].[S]=[Pt]=[S]. The molecule has 147 heavy (non-hydrogen) atoms. The van der Waals surface area contributed by atoms with Gasteiger partial charge in [-0.25, -0.2) is 24.4 Å². The first kappa shape index (κ1) is 126. The summed E-state index contributed by atoms with van der Waals surface area (Å²) >= 11 is 23.7. The monoisotopic (exact) mass is 2700 g/mol. The topological polar surface area (TPSA) is 359 Å². The van der Waals surface area contributed by atoms with Gasteiger partial charge in [0.15, 0.2) is 11.6 Å². The van der Waals surface area contributed by atoms with E-state index in [4.69, 9.17) is 53.2 Å². The van der Waals surface area contributed by atoms with Crippen molar-refractivity contribution in [3.63, 3.8) is 0 Å². The first-order valence-electron chi connectivity index (χ1n) is 49.1. The van der Waals surface area contributed by atoms with E-state index in [1.165, 1.54) is 43.1 Å². The van der Waals surface area contributed by atoms with Crippen LogP contribution in [0.15, 0.2) is 188 Å². The fourth-order valence-corrected chi connectivity index (χ4v) is 20.4. The Bertz CT molecular complexity index is 5960. The molecule has 5 heterocycles. The number of hydrogen-bond acceptors (Lipinski definition) is 22. The Morgan fingerprint density at radius 3 is 1.44 bits per heavy atom. The van der Waals surface area contributed by atoms with Gasteiger partial charge in [-0.1, -0.05) is 183 Å². The first-order chi connectivity index (χ1) is 69.9. The second-order valence-corrected chi connectivity index (χ2v) is 49.3. The number of rotatable bonds is 19. The van der Waals surface area contributed by atoms with Crippen LogP contribution in [-0.4, -0.2) is 177 Å². The number of nitrogens with one attached hydrogen (secondary N) is 1. The van der Waals surface area contributed by atoms with E-state index in [1.54, 1.807) is 23.1 Å². The van der Waals surface area contributed by atoms with Gasteiger partial charge < -0.3 is 58.2 Å². The van der Waals surface area contributed by atoms with Crippen LogP contribution in [0.5, 0.6) is 0 Å². The molecule has 0 radical (unpaired) electrons. The van der Waals surface area contributed by atoms with E-state index in [-0.39, 0.29) is 77.1 Å². The molecule has 3 atom stereocenters. The molecule has 0 bridgehead atoms. The van der Waals surface area contributed by atoms with Crippen LogP contribution in [0.2, 0.25) is 0 Å². The summed E-state index contributed by atoms with van der Waals surface area (Å²) in [5.41, 5.74) is 14.3. The molecule has 3 fully saturated rings. The fourth-order valence-electron chi connectivity index (χ4n) is 16.6. The van der Waals surface area contributed by atoms with Crippen LogP contribution in [0.25, 0.3) is 28.6 Å². The summed E-state index contributed by atoms with van der Waals surface area (Å²) in [6, 6.07) is 46.7. The summed E-state index contributed by atoms with van der Waals surface area (Å²) in [6.45, 7) is 26.4. The number of allylic oxidation sites excluding steroid dienone is 1. The average Bonchev–Trinajstić information content (AvgIpc) is 1.61. The first-order valence-corrected chi connectivity index (χ1v) is 61.8. The Balaban J connectivity index is 0.000000260. The number of ether oxygens (including phenoxy) is 3. The number of aryl methyl sites for hydroxylation is 6. The van der Waals surface area contributed by atoms with Gasteiger partial charge in [0.1, 0.15) is 40.9 Å². The Kier molecular flexibility index (Phi) is 55.7. The molecule has 3 amide bonds. The molecular formula is C109H136Br7N8O19PPtS2. The molecule has 2 aromatic heterocycles. The molecule has 0 spiro atoms. The van der Waals surface area contributed by atoms with Crippen LogP contribution >= 0.6 is 140 Å². The van der Waals surface area contributed by atoms with Crippen molar-refractivity contribution in [3.05, 3.63) is 256 Å². The zero-order chi connectivity index (χ0) is 108. The number of nitrogens with zero attached hydrogens (tertiary/aromatic N) is 7. The van der Waals surface area contributed by atoms with E-state index in [2.05, 4.69) is 190 Å². The number of carbonyl (C=O) groups excluding carboxylic acids is 7. The zero-order valence-corrected chi connectivity index (χ0v) is 101. The van der Waals surface area contributed by atoms with Gasteiger partial charge in [-0.2, -0.15) is 4.73 Å². The number of carboxylic acid groups (broad SMARTS) is 2. The molecule has 16 rings (SSSR count). The number of carboxylic acids is 2. The van der Waals surface area contributed by atoms with Crippen molar-refractivity contribution in [2.45, 2.75) is 279 Å². The van der Waals surface area contributed by atoms with Crippen molar-refractivity contribution in [2.24, 2.45) is 5.16 Å². The number of hydrogen-bond donors (Lipinski definition) is 5. The normalized spacial score (nSPS) is 16.1. The Morgan fingerprint density at radius 1 is 0.503 bits per heavy atom. The number of aromatic amines is 1. The molecule has 5 N–H and O–H groups in total. The molecule has 0 unspecified atom stereocenters. The van der Waals surface area contributed by atoms with Gasteiger partial charge in [-0.15, -0.1) is 0 Å². The molecule has 7 aliphatic rings. The summed E-state index contributed by atoms with van der Waals surface area (Å²) in [6.07, 6.45) is 25.2. The second kappa shape index (κ2) is 64.9. The summed E-state index contributed by atoms with van der Waals surface area (Å²) in [5, 5.41) is 39.6. The van der Waals surface area contributed by atoms with E-state index in [0.717, 1.165) is 217 Å². The molecule has 27 nitrogen and oxygen atoms in total. The Hall–Kier alpha value is -7.80. The minimum atomic E-state index is -1.06. The summed E-state index contributed by atoms with van der Waals surface area (Å²) < 4.78 is 40.2. The molecule has 4 aliphatic carbocycles. The number of aliphatic carboxylic acids is 2. The van der Waals surface area contributed by atoms with Crippen molar-refractivity contribution in [1.82, 2.24) is 34.4 Å². The number of unbranched alkanes of at least 4 members (excludes halogenated alkanes) is 1. The number of aldehydes is 2. The second-order valence-electron chi connectivity index (χ2n) is 37.8. The number of aromatic nitrogens is 4. The van der Waals surface area contributed by atoms with Gasteiger partial charge in [0.2, 0.25) is 5.78 Å². The van der Waals surface area contributed by atoms with Gasteiger partial charge in [0.05, 0.1) is 55.0 Å². The number of fused-ring (bicyclic) bond motifs is 8. The molecule has 38 heteroatoms. The number of H-pyrrole nitrogens is 1. The van der Waals surface area contributed by atoms with Gasteiger partial charge in [-0.3, -0.25) is 38.7 Å². The van der Waals surface area contributed by atoms with E-state index in [0.29, 0.717) is 81.5 Å². The van der Waals surface area contributed by atoms with Crippen LogP contribution in [-0.2, 0) is 102 Å². The number of likely N-dealkylation sites (tertiary alicyclic amines) is 3. The van der Waals surface area contributed by atoms with E-state index >= 15 is 0 Å². The number of halogens is 7. The molecule has 0 saturated carbocycles. The van der Waals surface area contributed by atoms with Crippen LogP contribution in [0, 0.1) is 0 Å². The zero-order valence-electron chi connectivity index (χ0n) is 85.1. The molecular weight excluding hydrogens is 2570 g/mol. The van der Waals surface area contributed by atoms with Gasteiger partial charge in [0.25, 0.3) is 0 Å². The standard InChI is InChI=1S/C21H26BrN3O3.C21H26BrN3O2.C11H10BrNO2.C11H13BrO2.C11H11BrO2.C11H11BrO.C10H17NO3.C7H5BrO.C6H15O3P.Pt.2S.H2/c1-21(2,3)28-20(26)24-11-5-8-17(24)19-23-18-15-10-9-14(22)12-13(15)6-4-7-16(18)25(19)27;1-21(2,3)27-20(26)25-11-5-8-17(25)19-23-16-7-4-6-13-12-14(22)9-10-15(13)18(16)24-19;12-8-4-5-9-7(6-8)2-1-3-10(13-15)11(9)14;2*12-10-6-3-5-9(8-10)4-1-2-7-11(13)14;12-9-5-6-10-8(7-9)3-1-2-4-11(10)13;1-10(2,3)14-9(13)11-6-4-5-8(11)7-12;8-7-3-1-2-6(4-7)5-9;1-4-7-10(8-5-2)9-6-3;;;;/h9-10,12,17,27H,4-8,11H2,1-3H3;9-10,12,17H,4-8,11H2,1-3H3,(H,23,24);4-6,15H,1-3H2;3,5-6,8H,1-2,4,7H2,(H,13,14);1,3-6,8H,2,7H2,(H,13,14);5-7H,1-4H2;7-8H,4-6H2,1-3H3;1-5H;4-6H2,1-3H3;;;;1H/b;;13-10+;;4-1+;;;;;;;;/t2*17-;;;;;8-;;;;;;/m00....0....../s1. The minimum absolute atomic E-state index is 0. The number of oxime groups is 1. The quantitative estimate of drug-likeness (QED) is 0.00733. The van der Waals surface area contributed by atoms with Crippen LogP contribution < -0.4 is 0 Å². The van der Waals surface area contributed by atoms with Crippen molar-refractivity contribution < 1.29 is 108 Å². The van der Waals surface area contributed by atoms with Crippen molar-refractivity contribution >= 4 is 206 Å². The number of Topliss-reactive ketones (excluding diaryl/α,β-unsaturated/α-hetero) is 2. The average molecular weight is 2710 g/mol. The van der Waals surface area contributed by atoms with Crippen molar-refractivity contribution in [1.29, 1.82) is 0 Å². The third-order valence-corrected chi connectivity index (χ3v) is 27.9. The van der Waals surface area contributed by atoms with Crippen LogP contribution in [0.4, 0.5) is 14.4 Å². The Morgan fingerprint density at radius 2 is 0.939 bits per heavy atom. The van der Waals surface area contributed by atoms with E-state index in [1.807, 2.05) is 179 Å². The predicted molar refractivity (Wildman–Crippen MR) is 605 cm³/mol. The third kappa shape index (κ3) is 44.1. The molecule has 3 aliphatic heterocycles.